The van der Waals surface area contributed by atoms with Gasteiger partial charge in [-0.2, -0.15) is 0 Å². The topological polar surface area (TPSA) is 44.8 Å². The van der Waals surface area contributed by atoms with Gasteiger partial charge in [0, 0.05) is 5.92 Å². The van der Waals surface area contributed by atoms with Gasteiger partial charge in [0.1, 0.15) is 11.7 Å². The Morgan fingerprint density at radius 2 is 1.57 bits per heavy atom. The van der Waals surface area contributed by atoms with Crippen molar-refractivity contribution in [2.45, 2.75) is 84.9 Å². The fourth-order valence-electron chi connectivity index (χ4n) is 3.91. The fourth-order valence-corrected chi connectivity index (χ4v) is 3.91. The van der Waals surface area contributed by atoms with Crippen molar-refractivity contribution in [3.63, 3.8) is 0 Å². The summed E-state index contributed by atoms with van der Waals surface area (Å²) >= 11 is 0. The fraction of sp³-hybridized carbons (Fsp3) is 0.941. The summed E-state index contributed by atoms with van der Waals surface area (Å²) in [4.78, 5) is 12.5. The van der Waals surface area contributed by atoms with Crippen LogP contribution < -0.4 is 0 Å². The second-order valence-corrected chi connectivity index (χ2v) is 7.99. The van der Waals surface area contributed by atoms with E-state index in [2.05, 4.69) is 34.6 Å². The van der Waals surface area contributed by atoms with Gasteiger partial charge in [0.05, 0.1) is 0 Å². The van der Waals surface area contributed by atoms with Crippen LogP contribution in [-0.4, -0.2) is 29.6 Å². The summed E-state index contributed by atoms with van der Waals surface area (Å²) in [6, 6.07) is 0. The maximum Gasteiger partial charge on any atom is 0.338 e. The van der Waals surface area contributed by atoms with Gasteiger partial charge in [-0.15, -0.1) is 0 Å². The van der Waals surface area contributed by atoms with Crippen molar-refractivity contribution in [2.75, 3.05) is 0 Å². The summed E-state index contributed by atoms with van der Waals surface area (Å²) in [5.41, 5.74) is -0.440. The Hall–Kier alpha value is -0.610. The normalized spacial score (nSPS) is 34.1. The third-order valence-corrected chi connectivity index (χ3v) is 4.50. The Balaban J connectivity index is 2.32. The Labute approximate surface area is 128 Å². The van der Waals surface area contributed by atoms with Crippen molar-refractivity contribution in [3.05, 3.63) is 0 Å². The van der Waals surface area contributed by atoms with E-state index >= 15 is 0 Å². The molecular formula is C17H30O4. The maximum absolute atomic E-state index is 12.5. The summed E-state index contributed by atoms with van der Waals surface area (Å²) in [7, 11) is 0. The highest BCUT2D eigenvalue weighted by Gasteiger charge is 2.59. The molecule has 2 aliphatic rings. The van der Waals surface area contributed by atoms with E-state index in [-0.39, 0.29) is 18.0 Å². The number of esters is 1. The average Bonchev–Trinajstić information content (AvgIpc) is 2.61. The van der Waals surface area contributed by atoms with Crippen LogP contribution in [0.3, 0.4) is 0 Å². The first kappa shape index (κ1) is 16.8. The standard InChI is InChI=1S/C17H30O4/c1-10(2)8-17(9-11(3)4)12(5)13-14(15(18)21-17)20-16(6,7)19-13/h10-14H,8-9H2,1-7H3/t12-,13-,14-/m1/s1. The van der Waals surface area contributed by atoms with Crippen molar-refractivity contribution in [1.82, 2.24) is 0 Å². The quantitative estimate of drug-likeness (QED) is 0.745. The van der Waals surface area contributed by atoms with E-state index in [9.17, 15) is 4.79 Å². The summed E-state index contributed by atoms with van der Waals surface area (Å²) in [5.74, 6) is 0.0856. The molecule has 2 fully saturated rings. The van der Waals surface area contributed by atoms with E-state index in [1.807, 2.05) is 13.8 Å². The number of cyclic esters (lactones) is 1. The lowest BCUT2D eigenvalue weighted by Crippen LogP contribution is -2.58. The summed E-state index contributed by atoms with van der Waals surface area (Å²) in [5, 5.41) is 0. The van der Waals surface area contributed by atoms with Crippen molar-refractivity contribution < 1.29 is 19.0 Å². The minimum Gasteiger partial charge on any atom is -0.457 e. The van der Waals surface area contributed by atoms with E-state index in [1.165, 1.54) is 0 Å². The summed E-state index contributed by atoms with van der Waals surface area (Å²) in [6.07, 6.45) is 0.942. The molecule has 0 aromatic rings. The number of rotatable bonds is 4. The van der Waals surface area contributed by atoms with Crippen LogP contribution in [0.25, 0.3) is 0 Å². The SMILES string of the molecule is CC(C)CC1(CC(C)C)OC(=O)[C@@H]2OC(C)(C)O[C@@H]2[C@H]1C. The van der Waals surface area contributed by atoms with Crippen LogP contribution in [-0.2, 0) is 19.0 Å². The molecular weight excluding hydrogens is 268 g/mol. The van der Waals surface area contributed by atoms with Gasteiger partial charge in [-0.1, -0.05) is 34.6 Å². The number of carbonyl (C=O) groups excluding carboxylic acids is 1. The van der Waals surface area contributed by atoms with Crippen LogP contribution in [0.1, 0.15) is 61.3 Å². The zero-order chi connectivity index (χ0) is 16.0. The zero-order valence-corrected chi connectivity index (χ0v) is 14.4. The van der Waals surface area contributed by atoms with Crippen LogP contribution in [0.4, 0.5) is 0 Å². The van der Waals surface area contributed by atoms with Crippen molar-refractivity contribution >= 4 is 5.97 Å². The molecule has 21 heavy (non-hydrogen) atoms. The predicted molar refractivity (Wildman–Crippen MR) is 80.7 cm³/mol. The Morgan fingerprint density at radius 3 is 2.05 bits per heavy atom. The molecule has 0 spiro atoms. The highest BCUT2D eigenvalue weighted by atomic mass is 16.8. The third kappa shape index (κ3) is 3.26. The first-order valence-corrected chi connectivity index (χ1v) is 8.15. The van der Waals surface area contributed by atoms with Gasteiger partial charge in [-0.3, -0.25) is 0 Å². The average molecular weight is 298 g/mol. The van der Waals surface area contributed by atoms with E-state index < -0.39 is 17.5 Å². The molecule has 4 heteroatoms. The van der Waals surface area contributed by atoms with Gasteiger partial charge >= 0.3 is 5.97 Å². The zero-order valence-electron chi connectivity index (χ0n) is 14.4. The minimum absolute atomic E-state index is 0.131. The number of carbonyl (C=O) groups is 1. The van der Waals surface area contributed by atoms with Crippen LogP contribution >= 0.6 is 0 Å². The molecule has 0 saturated carbocycles. The Morgan fingerprint density at radius 1 is 1.05 bits per heavy atom. The Kier molecular flexibility index (Phi) is 4.42. The van der Waals surface area contributed by atoms with Crippen LogP contribution in [0, 0.1) is 17.8 Å². The third-order valence-electron chi connectivity index (χ3n) is 4.50. The van der Waals surface area contributed by atoms with Crippen molar-refractivity contribution in [2.24, 2.45) is 17.8 Å². The van der Waals surface area contributed by atoms with E-state index in [1.54, 1.807) is 0 Å². The molecule has 0 aromatic heterocycles. The number of hydrogen-bond donors (Lipinski definition) is 0. The predicted octanol–water partition coefficient (Wildman–Crippen LogP) is 3.53. The highest BCUT2D eigenvalue weighted by molar-refractivity contribution is 5.77. The second-order valence-electron chi connectivity index (χ2n) is 7.99. The van der Waals surface area contributed by atoms with E-state index in [0.29, 0.717) is 11.8 Å². The molecule has 0 aromatic carbocycles. The molecule has 2 rings (SSSR count). The van der Waals surface area contributed by atoms with Gasteiger partial charge in [0.15, 0.2) is 11.9 Å². The van der Waals surface area contributed by atoms with Crippen LogP contribution in [0.15, 0.2) is 0 Å². The van der Waals surface area contributed by atoms with Gasteiger partial charge in [-0.05, 0) is 38.5 Å². The second kappa shape index (κ2) is 5.54. The van der Waals surface area contributed by atoms with E-state index in [4.69, 9.17) is 14.2 Å². The molecule has 3 atom stereocenters. The van der Waals surface area contributed by atoms with Gasteiger partial charge < -0.3 is 14.2 Å². The molecule has 0 bridgehead atoms. The van der Waals surface area contributed by atoms with Gasteiger partial charge in [0.25, 0.3) is 0 Å². The molecule has 2 heterocycles. The highest BCUT2D eigenvalue weighted by Crippen LogP contribution is 2.47. The lowest BCUT2D eigenvalue weighted by molar-refractivity contribution is -0.203. The van der Waals surface area contributed by atoms with Crippen molar-refractivity contribution in [1.29, 1.82) is 0 Å². The van der Waals surface area contributed by atoms with Crippen molar-refractivity contribution in [3.8, 4) is 0 Å². The lowest BCUT2D eigenvalue weighted by Gasteiger charge is -2.47. The first-order chi connectivity index (χ1) is 9.56. The van der Waals surface area contributed by atoms with E-state index in [0.717, 1.165) is 12.8 Å². The lowest BCUT2D eigenvalue weighted by atomic mass is 9.71. The minimum atomic E-state index is -0.714. The smallest absolute Gasteiger partial charge is 0.338 e. The number of ether oxygens (including phenoxy) is 3. The van der Waals surface area contributed by atoms with Crippen LogP contribution in [0.5, 0.6) is 0 Å². The molecule has 2 aliphatic heterocycles. The summed E-state index contributed by atoms with van der Waals surface area (Å²) in [6.45, 7) is 14.5. The Bertz CT molecular complexity index is 390. The first-order valence-electron chi connectivity index (χ1n) is 8.15. The molecule has 0 N–H and O–H groups in total. The maximum atomic E-state index is 12.5. The molecule has 122 valence electrons. The number of fused-ring (bicyclic) bond motifs is 1. The molecule has 0 amide bonds. The number of hydrogen-bond acceptors (Lipinski definition) is 4. The molecule has 4 nitrogen and oxygen atoms in total. The largest absolute Gasteiger partial charge is 0.457 e. The monoisotopic (exact) mass is 298 g/mol. The summed E-state index contributed by atoms with van der Waals surface area (Å²) < 4.78 is 17.7. The van der Waals surface area contributed by atoms with Gasteiger partial charge in [-0.25, -0.2) is 4.79 Å². The van der Waals surface area contributed by atoms with Gasteiger partial charge in [0.2, 0.25) is 0 Å². The molecule has 0 unspecified atom stereocenters. The molecule has 2 saturated heterocycles. The van der Waals surface area contributed by atoms with Crippen LogP contribution in [0.2, 0.25) is 0 Å². The molecule has 0 aliphatic carbocycles. The molecule has 0 radical (unpaired) electrons.